The second kappa shape index (κ2) is 6.14. The van der Waals surface area contributed by atoms with E-state index in [-0.39, 0.29) is 11.5 Å². The first kappa shape index (κ1) is 13.4. The summed E-state index contributed by atoms with van der Waals surface area (Å²) in [5.41, 5.74) is 3.28. The SMILES string of the molecule is CC(C)=CCCC(C)=Cc1ccc(O)cc1O. The van der Waals surface area contributed by atoms with Crippen LogP contribution in [0.4, 0.5) is 0 Å². The van der Waals surface area contributed by atoms with Crippen molar-refractivity contribution in [3.63, 3.8) is 0 Å². The number of phenolic OH excluding ortho intramolecular Hbond substituents is 2. The van der Waals surface area contributed by atoms with Crippen molar-refractivity contribution >= 4 is 6.08 Å². The van der Waals surface area contributed by atoms with E-state index < -0.39 is 0 Å². The highest BCUT2D eigenvalue weighted by atomic mass is 16.3. The molecule has 0 aromatic heterocycles. The lowest BCUT2D eigenvalue weighted by atomic mass is 10.1. The summed E-state index contributed by atoms with van der Waals surface area (Å²) < 4.78 is 0. The molecule has 0 unspecified atom stereocenters. The van der Waals surface area contributed by atoms with Crippen LogP contribution in [0.5, 0.6) is 11.5 Å². The normalized spacial score (nSPS) is 11.4. The number of hydrogen-bond donors (Lipinski definition) is 2. The van der Waals surface area contributed by atoms with Crippen LogP contribution in [0.15, 0.2) is 35.4 Å². The van der Waals surface area contributed by atoms with E-state index in [1.165, 1.54) is 17.2 Å². The third-order valence-corrected chi connectivity index (χ3v) is 2.51. The molecule has 2 N–H and O–H groups in total. The zero-order valence-electron chi connectivity index (χ0n) is 10.7. The van der Waals surface area contributed by atoms with Crippen molar-refractivity contribution in [1.82, 2.24) is 0 Å². The third kappa shape index (κ3) is 4.77. The molecule has 0 bridgehead atoms. The van der Waals surface area contributed by atoms with Crippen LogP contribution in [-0.4, -0.2) is 10.2 Å². The average molecular weight is 232 g/mol. The molecule has 0 saturated carbocycles. The van der Waals surface area contributed by atoms with E-state index in [0.29, 0.717) is 0 Å². The molecule has 0 fully saturated rings. The van der Waals surface area contributed by atoms with E-state index in [9.17, 15) is 10.2 Å². The van der Waals surface area contributed by atoms with Crippen LogP contribution >= 0.6 is 0 Å². The Labute approximate surface area is 103 Å². The molecule has 2 heteroatoms. The fourth-order valence-corrected chi connectivity index (χ4v) is 1.58. The molecule has 92 valence electrons. The smallest absolute Gasteiger partial charge is 0.126 e. The largest absolute Gasteiger partial charge is 0.508 e. The molecule has 0 amide bonds. The predicted molar refractivity (Wildman–Crippen MR) is 72.1 cm³/mol. The van der Waals surface area contributed by atoms with Crippen molar-refractivity contribution < 1.29 is 10.2 Å². The van der Waals surface area contributed by atoms with Crippen LogP contribution in [0.25, 0.3) is 6.08 Å². The fourth-order valence-electron chi connectivity index (χ4n) is 1.58. The van der Waals surface area contributed by atoms with Gasteiger partial charge in [-0.2, -0.15) is 0 Å². The van der Waals surface area contributed by atoms with Crippen LogP contribution in [0.2, 0.25) is 0 Å². The first-order chi connectivity index (χ1) is 7.99. The highest BCUT2D eigenvalue weighted by molar-refractivity contribution is 5.60. The highest BCUT2D eigenvalue weighted by Crippen LogP contribution is 2.25. The fraction of sp³-hybridized carbons (Fsp3) is 0.333. The lowest BCUT2D eigenvalue weighted by Crippen LogP contribution is -1.80. The summed E-state index contributed by atoms with van der Waals surface area (Å²) in [5.74, 6) is 0.202. The maximum Gasteiger partial charge on any atom is 0.126 e. The second-order valence-corrected chi connectivity index (χ2v) is 4.55. The Kier molecular flexibility index (Phi) is 4.83. The quantitative estimate of drug-likeness (QED) is 0.762. The van der Waals surface area contributed by atoms with Gasteiger partial charge in [0.1, 0.15) is 11.5 Å². The molecule has 0 spiro atoms. The summed E-state index contributed by atoms with van der Waals surface area (Å²) in [7, 11) is 0. The van der Waals surface area contributed by atoms with Crippen molar-refractivity contribution in [3.05, 3.63) is 41.0 Å². The summed E-state index contributed by atoms with van der Waals surface area (Å²) in [6.45, 7) is 6.22. The molecule has 0 saturated heterocycles. The van der Waals surface area contributed by atoms with Crippen molar-refractivity contribution in [2.45, 2.75) is 33.6 Å². The standard InChI is InChI=1S/C15H20O2/c1-11(2)5-4-6-12(3)9-13-7-8-14(16)10-15(13)17/h5,7-10,16-17H,4,6H2,1-3H3. The van der Waals surface area contributed by atoms with Crippen LogP contribution in [0.1, 0.15) is 39.2 Å². The number of phenols is 2. The molecule has 1 rings (SSSR count). The monoisotopic (exact) mass is 232 g/mol. The van der Waals surface area contributed by atoms with Gasteiger partial charge in [-0.15, -0.1) is 0 Å². The minimum absolute atomic E-state index is 0.0850. The molecule has 0 aliphatic carbocycles. The minimum Gasteiger partial charge on any atom is -0.508 e. The number of allylic oxidation sites excluding steroid dienone is 3. The Morgan fingerprint density at radius 3 is 2.47 bits per heavy atom. The molecule has 17 heavy (non-hydrogen) atoms. The van der Waals surface area contributed by atoms with Crippen molar-refractivity contribution in [2.24, 2.45) is 0 Å². The van der Waals surface area contributed by atoms with E-state index >= 15 is 0 Å². The molecular weight excluding hydrogens is 212 g/mol. The molecule has 0 heterocycles. The van der Waals surface area contributed by atoms with Crippen molar-refractivity contribution in [3.8, 4) is 11.5 Å². The van der Waals surface area contributed by atoms with Gasteiger partial charge in [0, 0.05) is 11.6 Å². The van der Waals surface area contributed by atoms with Crippen LogP contribution in [0.3, 0.4) is 0 Å². The number of rotatable bonds is 4. The first-order valence-electron chi connectivity index (χ1n) is 5.81. The number of hydrogen-bond acceptors (Lipinski definition) is 2. The highest BCUT2D eigenvalue weighted by Gasteiger charge is 1.99. The van der Waals surface area contributed by atoms with Crippen molar-refractivity contribution in [2.75, 3.05) is 0 Å². The van der Waals surface area contributed by atoms with Gasteiger partial charge in [0.05, 0.1) is 0 Å². The zero-order valence-corrected chi connectivity index (χ0v) is 10.7. The molecule has 1 aromatic rings. The maximum absolute atomic E-state index is 9.64. The molecule has 0 atom stereocenters. The molecule has 2 nitrogen and oxygen atoms in total. The van der Waals surface area contributed by atoms with Gasteiger partial charge in [-0.3, -0.25) is 0 Å². The van der Waals surface area contributed by atoms with Gasteiger partial charge in [0.2, 0.25) is 0 Å². The van der Waals surface area contributed by atoms with Crippen molar-refractivity contribution in [1.29, 1.82) is 0 Å². The van der Waals surface area contributed by atoms with E-state index in [1.54, 1.807) is 12.1 Å². The van der Waals surface area contributed by atoms with E-state index in [2.05, 4.69) is 19.9 Å². The lowest BCUT2D eigenvalue weighted by Gasteiger charge is -2.03. The van der Waals surface area contributed by atoms with Gasteiger partial charge in [-0.05, 0) is 45.7 Å². The molecular formula is C15H20O2. The topological polar surface area (TPSA) is 40.5 Å². The van der Waals surface area contributed by atoms with Gasteiger partial charge >= 0.3 is 0 Å². The average Bonchev–Trinajstić information content (AvgIpc) is 2.21. The Morgan fingerprint density at radius 2 is 1.88 bits per heavy atom. The first-order valence-corrected chi connectivity index (χ1v) is 5.81. The summed E-state index contributed by atoms with van der Waals surface area (Å²) in [6, 6.07) is 4.65. The third-order valence-electron chi connectivity index (χ3n) is 2.51. The van der Waals surface area contributed by atoms with Crippen LogP contribution < -0.4 is 0 Å². The van der Waals surface area contributed by atoms with Gasteiger partial charge in [0.15, 0.2) is 0 Å². The Bertz CT molecular complexity index is 438. The summed E-state index contributed by atoms with van der Waals surface area (Å²) in [5, 5.41) is 18.8. The van der Waals surface area contributed by atoms with Gasteiger partial charge in [0.25, 0.3) is 0 Å². The Hall–Kier alpha value is -1.70. The number of aromatic hydroxyl groups is 2. The van der Waals surface area contributed by atoms with Gasteiger partial charge in [-0.25, -0.2) is 0 Å². The molecule has 0 radical (unpaired) electrons. The minimum atomic E-state index is 0.0850. The van der Waals surface area contributed by atoms with Crippen LogP contribution in [0, 0.1) is 0 Å². The van der Waals surface area contributed by atoms with E-state index in [4.69, 9.17) is 0 Å². The lowest BCUT2D eigenvalue weighted by molar-refractivity contribution is 0.450. The zero-order chi connectivity index (χ0) is 12.8. The molecule has 1 aromatic carbocycles. The van der Waals surface area contributed by atoms with E-state index in [1.807, 2.05) is 13.0 Å². The number of benzene rings is 1. The Balaban J connectivity index is 2.70. The summed E-state index contributed by atoms with van der Waals surface area (Å²) in [4.78, 5) is 0. The van der Waals surface area contributed by atoms with Gasteiger partial charge < -0.3 is 10.2 Å². The van der Waals surface area contributed by atoms with Crippen LogP contribution in [-0.2, 0) is 0 Å². The predicted octanol–water partition coefficient (Wildman–Crippen LogP) is 4.25. The maximum atomic E-state index is 9.64. The molecule has 0 aliphatic rings. The Morgan fingerprint density at radius 1 is 1.18 bits per heavy atom. The summed E-state index contributed by atoms with van der Waals surface area (Å²) in [6.07, 6.45) is 6.15. The van der Waals surface area contributed by atoms with Gasteiger partial charge in [-0.1, -0.05) is 23.3 Å². The second-order valence-electron chi connectivity index (χ2n) is 4.55. The summed E-state index contributed by atoms with van der Waals surface area (Å²) >= 11 is 0. The molecule has 0 aliphatic heterocycles. The van der Waals surface area contributed by atoms with E-state index in [0.717, 1.165) is 18.4 Å².